The molecule has 0 rings (SSSR count). The fraction of sp³-hybridized carbons (Fsp3) is 0.625. The molecule has 0 fully saturated rings. The Bertz CT molecular complexity index is 359. The van der Waals surface area contributed by atoms with Crippen LogP contribution in [-0.4, -0.2) is 25.2 Å². The molecule has 0 aromatic carbocycles. The van der Waals surface area contributed by atoms with Gasteiger partial charge in [0.15, 0.2) is 4.86 Å². The molecule has 0 saturated heterocycles. The zero-order chi connectivity index (χ0) is 11.8. The maximum absolute atomic E-state index is 11.0. The third-order valence-corrected chi connectivity index (χ3v) is 2.27. The van der Waals surface area contributed by atoms with Crippen LogP contribution in [0, 0.1) is 0 Å². The number of carbonyl (C=O) groups excluding carboxylic acids is 2. The van der Waals surface area contributed by atoms with Crippen LogP contribution in [0.15, 0.2) is 0 Å². The molecule has 0 bridgehead atoms. The second-order valence-electron chi connectivity index (χ2n) is 2.59. The van der Waals surface area contributed by atoms with Crippen LogP contribution in [0.5, 0.6) is 0 Å². The molecule has 0 radical (unpaired) electrons. The van der Waals surface area contributed by atoms with Gasteiger partial charge < -0.3 is 0 Å². The quantitative estimate of drug-likeness (QED) is 0.395. The Morgan fingerprint density at radius 2 is 1.73 bits per heavy atom. The van der Waals surface area contributed by atoms with Crippen molar-refractivity contribution in [3.63, 3.8) is 0 Å². The molecule has 86 valence electrons. The molecule has 0 aromatic rings. The summed E-state index contributed by atoms with van der Waals surface area (Å²) in [5.41, 5.74) is 0. The van der Waals surface area contributed by atoms with Gasteiger partial charge in [-0.05, 0) is 12.8 Å². The number of hydrogen-bond acceptors (Lipinski definition) is 6. The molecule has 0 atom stereocenters. The molecule has 15 heavy (non-hydrogen) atoms. The lowest BCUT2D eigenvalue weighted by molar-refractivity contribution is -0.253. The minimum absolute atomic E-state index is 0.0136. The van der Waals surface area contributed by atoms with Crippen molar-refractivity contribution < 1.29 is 27.8 Å². The van der Waals surface area contributed by atoms with Gasteiger partial charge in [-0.1, -0.05) is 13.8 Å². The highest BCUT2D eigenvalue weighted by molar-refractivity contribution is 7.74. The Balaban J connectivity index is 4.27. The first kappa shape index (κ1) is 13.6. The van der Waals surface area contributed by atoms with Crippen LogP contribution in [0.4, 0.5) is 0 Å². The Kier molecular flexibility index (Phi) is 6.35. The number of rotatable bonds is 4. The molecule has 0 aromatic heterocycles. The molecule has 0 aliphatic heterocycles. The minimum Gasteiger partial charge on any atom is -0.247 e. The minimum atomic E-state index is -2.65. The van der Waals surface area contributed by atoms with E-state index in [4.69, 9.17) is 0 Å². The van der Waals surface area contributed by atoms with Crippen molar-refractivity contribution in [3.8, 4) is 0 Å². The first-order valence-electron chi connectivity index (χ1n) is 4.39. The van der Waals surface area contributed by atoms with Gasteiger partial charge in [-0.3, -0.25) is 0 Å². The Labute approximate surface area is 88.6 Å². The van der Waals surface area contributed by atoms with Gasteiger partial charge in [-0.15, -0.1) is 0 Å². The van der Waals surface area contributed by atoms with Crippen molar-refractivity contribution in [2.45, 2.75) is 33.1 Å². The van der Waals surface area contributed by atoms with Crippen LogP contribution in [0.2, 0.25) is 0 Å². The fourth-order valence-electron chi connectivity index (χ4n) is 0.707. The van der Waals surface area contributed by atoms with Crippen LogP contribution in [0.25, 0.3) is 0 Å². The molecule has 0 saturated carbocycles. The van der Waals surface area contributed by atoms with Gasteiger partial charge in [0, 0.05) is 6.42 Å². The Hall–Kier alpha value is -1.37. The lowest BCUT2D eigenvalue weighted by Crippen LogP contribution is -2.19. The van der Waals surface area contributed by atoms with E-state index in [1.54, 1.807) is 6.92 Å². The molecule has 6 nitrogen and oxygen atoms in total. The van der Waals surface area contributed by atoms with Crippen LogP contribution < -0.4 is 0 Å². The SMILES string of the molecule is CCCC(=O)OOC(=O)C(CC)=S(=O)=O. The lowest BCUT2D eigenvalue weighted by Gasteiger charge is -2.00. The summed E-state index contributed by atoms with van der Waals surface area (Å²) in [4.78, 5) is 29.4. The van der Waals surface area contributed by atoms with Crippen LogP contribution >= 0.6 is 0 Å². The zero-order valence-electron chi connectivity index (χ0n) is 8.48. The summed E-state index contributed by atoms with van der Waals surface area (Å²) >= 11 is 0. The maximum Gasteiger partial charge on any atom is 0.397 e. The molecule has 0 spiro atoms. The van der Waals surface area contributed by atoms with E-state index in [2.05, 4.69) is 9.78 Å². The van der Waals surface area contributed by atoms with Crippen molar-refractivity contribution in [2.24, 2.45) is 0 Å². The average molecular weight is 236 g/mol. The summed E-state index contributed by atoms with van der Waals surface area (Å²) < 4.78 is 20.9. The van der Waals surface area contributed by atoms with E-state index in [9.17, 15) is 18.0 Å². The van der Waals surface area contributed by atoms with Gasteiger partial charge in [-0.25, -0.2) is 19.4 Å². The smallest absolute Gasteiger partial charge is 0.247 e. The molecule has 7 heteroatoms. The third kappa shape index (κ3) is 5.16. The molecule has 0 unspecified atom stereocenters. The second-order valence-corrected chi connectivity index (χ2v) is 3.55. The zero-order valence-corrected chi connectivity index (χ0v) is 9.30. The van der Waals surface area contributed by atoms with Crippen LogP contribution in [0.3, 0.4) is 0 Å². The summed E-state index contributed by atoms with van der Waals surface area (Å²) in [7, 11) is -2.65. The van der Waals surface area contributed by atoms with Crippen molar-refractivity contribution >= 4 is 27.1 Å². The normalized spacial score (nSPS) is 9.20. The highest BCUT2D eigenvalue weighted by atomic mass is 32.2. The van der Waals surface area contributed by atoms with E-state index >= 15 is 0 Å². The molecular formula is C8H12O6S. The lowest BCUT2D eigenvalue weighted by atomic mass is 10.3. The predicted octanol–water partition coefficient (Wildman–Crippen LogP) is 0.249. The molecule has 0 heterocycles. The van der Waals surface area contributed by atoms with Crippen molar-refractivity contribution in [1.29, 1.82) is 0 Å². The highest BCUT2D eigenvalue weighted by Crippen LogP contribution is 1.94. The van der Waals surface area contributed by atoms with Gasteiger partial charge in [0.05, 0.1) is 0 Å². The van der Waals surface area contributed by atoms with E-state index in [0.29, 0.717) is 6.42 Å². The summed E-state index contributed by atoms with van der Waals surface area (Å²) in [6.45, 7) is 3.22. The Morgan fingerprint density at radius 3 is 2.13 bits per heavy atom. The van der Waals surface area contributed by atoms with E-state index in [1.807, 2.05) is 0 Å². The van der Waals surface area contributed by atoms with Crippen molar-refractivity contribution in [3.05, 3.63) is 0 Å². The molecule has 0 aliphatic rings. The van der Waals surface area contributed by atoms with Gasteiger partial charge in [0.1, 0.15) is 0 Å². The first-order chi connectivity index (χ1) is 7.02. The van der Waals surface area contributed by atoms with Gasteiger partial charge >= 0.3 is 11.9 Å². The third-order valence-electron chi connectivity index (χ3n) is 1.41. The molecule has 0 N–H and O–H groups in total. The monoisotopic (exact) mass is 236 g/mol. The molecular weight excluding hydrogens is 224 g/mol. The number of carbonyl (C=O) groups is 2. The standard InChI is InChI=1S/C8H12O6S/c1-3-5-7(9)13-14-8(10)6(4-2)15(11)12/h3-5H2,1-2H3. The van der Waals surface area contributed by atoms with Gasteiger partial charge in [0.2, 0.25) is 10.3 Å². The highest BCUT2D eigenvalue weighted by Gasteiger charge is 2.16. The molecule has 0 amide bonds. The average Bonchev–Trinajstić information content (AvgIpc) is 2.15. The van der Waals surface area contributed by atoms with Crippen molar-refractivity contribution in [2.75, 3.05) is 0 Å². The van der Waals surface area contributed by atoms with E-state index < -0.39 is 27.1 Å². The van der Waals surface area contributed by atoms with E-state index in [0.717, 1.165) is 0 Å². The summed E-state index contributed by atoms with van der Waals surface area (Å²) in [5, 5.41) is 0. The first-order valence-corrected chi connectivity index (χ1v) is 5.47. The second kappa shape index (κ2) is 6.99. The Morgan fingerprint density at radius 1 is 1.13 bits per heavy atom. The summed E-state index contributed by atoms with van der Waals surface area (Å²) in [6, 6.07) is 0. The molecule has 0 aliphatic carbocycles. The van der Waals surface area contributed by atoms with Crippen molar-refractivity contribution in [1.82, 2.24) is 0 Å². The van der Waals surface area contributed by atoms with Crippen LogP contribution in [-0.2, 0) is 29.7 Å². The number of hydrogen-bond donors (Lipinski definition) is 0. The van der Waals surface area contributed by atoms with E-state index in [-0.39, 0.29) is 12.8 Å². The van der Waals surface area contributed by atoms with Gasteiger partial charge in [0.25, 0.3) is 0 Å². The maximum atomic E-state index is 11.0. The predicted molar refractivity (Wildman–Crippen MR) is 51.3 cm³/mol. The van der Waals surface area contributed by atoms with E-state index in [1.165, 1.54) is 6.92 Å². The summed E-state index contributed by atoms with van der Waals surface area (Å²) in [5.74, 6) is -1.87. The largest absolute Gasteiger partial charge is 0.397 e. The van der Waals surface area contributed by atoms with Crippen LogP contribution in [0.1, 0.15) is 33.1 Å². The van der Waals surface area contributed by atoms with Gasteiger partial charge in [-0.2, -0.15) is 8.42 Å². The topological polar surface area (TPSA) is 86.7 Å². The summed E-state index contributed by atoms with van der Waals surface area (Å²) in [6.07, 6.45) is 0.643. The fourth-order valence-corrected chi connectivity index (χ4v) is 1.11.